The molecule has 0 heterocycles. The van der Waals surface area contributed by atoms with Gasteiger partial charge >= 0.3 is 5.97 Å². The molecule has 0 spiro atoms. The van der Waals surface area contributed by atoms with Crippen molar-refractivity contribution >= 4 is 17.6 Å². The molecule has 2 aromatic carbocycles. The Morgan fingerprint density at radius 1 is 1.12 bits per heavy atom. The summed E-state index contributed by atoms with van der Waals surface area (Å²) in [6, 6.07) is 13.0. The molecule has 2 N–H and O–H groups in total. The normalized spacial score (nSPS) is 10.2. The first-order chi connectivity index (χ1) is 12.5. The van der Waals surface area contributed by atoms with E-state index in [9.17, 15) is 9.59 Å². The molecule has 0 aromatic heterocycles. The van der Waals surface area contributed by atoms with Crippen LogP contribution in [0.25, 0.3) is 0 Å². The van der Waals surface area contributed by atoms with E-state index in [1.807, 2.05) is 30.3 Å². The number of carbonyl (C=O) groups is 2. The van der Waals surface area contributed by atoms with Gasteiger partial charge in [-0.15, -0.1) is 0 Å². The highest BCUT2D eigenvalue weighted by atomic mass is 16.5. The number of ether oxygens (including phenoxy) is 2. The molecule has 0 saturated heterocycles. The highest BCUT2D eigenvalue weighted by Gasteiger charge is 2.07. The highest BCUT2D eigenvalue weighted by Crippen LogP contribution is 2.26. The number of methoxy groups -OCH3 is 1. The largest absolute Gasteiger partial charge is 0.496 e. The summed E-state index contributed by atoms with van der Waals surface area (Å²) in [6.45, 7) is 2.40. The fraction of sp³-hybridized carbons (Fsp3) is 0.300. The van der Waals surface area contributed by atoms with Gasteiger partial charge in [0.05, 0.1) is 13.5 Å². The summed E-state index contributed by atoms with van der Waals surface area (Å²) >= 11 is 0. The maximum atomic E-state index is 11.7. The van der Waals surface area contributed by atoms with Crippen LogP contribution in [0.4, 0.5) is 5.69 Å². The minimum atomic E-state index is -0.994. The molecular weight excluding hydrogens is 334 g/mol. The number of anilines is 1. The van der Waals surface area contributed by atoms with E-state index in [-0.39, 0.29) is 18.7 Å². The number of nitrogens with one attached hydrogen (secondary N) is 1. The lowest BCUT2D eigenvalue weighted by Gasteiger charge is -2.12. The molecule has 0 unspecified atom stereocenters. The predicted molar refractivity (Wildman–Crippen MR) is 98.6 cm³/mol. The number of aryl methyl sites for hydroxylation is 1. The van der Waals surface area contributed by atoms with Crippen LogP contribution in [0.3, 0.4) is 0 Å². The van der Waals surface area contributed by atoms with Gasteiger partial charge in [0.15, 0.2) is 0 Å². The van der Waals surface area contributed by atoms with E-state index in [0.717, 1.165) is 23.3 Å². The summed E-state index contributed by atoms with van der Waals surface area (Å²) < 4.78 is 11.2. The van der Waals surface area contributed by atoms with Gasteiger partial charge in [0.2, 0.25) is 5.91 Å². The second-order valence-electron chi connectivity index (χ2n) is 5.76. The molecule has 0 aliphatic heterocycles. The zero-order valence-electron chi connectivity index (χ0n) is 15.0. The molecule has 138 valence electrons. The number of benzene rings is 2. The Labute approximate surface area is 152 Å². The van der Waals surface area contributed by atoms with Crippen molar-refractivity contribution < 1.29 is 24.2 Å². The first kappa shape index (κ1) is 19.3. The van der Waals surface area contributed by atoms with Gasteiger partial charge < -0.3 is 19.9 Å². The van der Waals surface area contributed by atoms with Crippen LogP contribution in [0.5, 0.6) is 11.5 Å². The maximum absolute atomic E-state index is 11.7. The van der Waals surface area contributed by atoms with E-state index in [1.165, 1.54) is 0 Å². The van der Waals surface area contributed by atoms with Crippen LogP contribution in [0.1, 0.15) is 30.9 Å². The van der Waals surface area contributed by atoms with E-state index >= 15 is 0 Å². The third-order valence-corrected chi connectivity index (χ3v) is 3.82. The minimum absolute atomic E-state index is 0.0559. The van der Waals surface area contributed by atoms with Crippen molar-refractivity contribution in [3.8, 4) is 11.5 Å². The Hall–Kier alpha value is -3.02. The molecule has 1 amide bonds. The second kappa shape index (κ2) is 9.46. The standard InChI is InChI=1S/C20H23NO5/c1-3-15-7-8-17(12-18(15)25-2)26-13-14-5-4-6-16(11-14)21-19(22)9-10-20(23)24/h4-8,11-12H,3,9-10,13H2,1-2H3,(H,21,22)(H,23,24). The quantitative estimate of drug-likeness (QED) is 0.716. The summed E-state index contributed by atoms with van der Waals surface area (Å²) in [4.78, 5) is 22.2. The predicted octanol–water partition coefficient (Wildman–Crippen LogP) is 3.64. The van der Waals surface area contributed by atoms with Gasteiger partial charge in [0.1, 0.15) is 18.1 Å². The zero-order valence-corrected chi connectivity index (χ0v) is 15.0. The van der Waals surface area contributed by atoms with Gasteiger partial charge in [-0.1, -0.05) is 25.1 Å². The summed E-state index contributed by atoms with van der Waals surface area (Å²) in [5.41, 5.74) is 2.62. The molecule has 26 heavy (non-hydrogen) atoms. The Morgan fingerprint density at radius 3 is 2.62 bits per heavy atom. The summed E-state index contributed by atoms with van der Waals surface area (Å²) in [5, 5.41) is 11.3. The Morgan fingerprint density at radius 2 is 1.92 bits per heavy atom. The van der Waals surface area contributed by atoms with Gasteiger partial charge in [0.25, 0.3) is 0 Å². The summed E-state index contributed by atoms with van der Waals surface area (Å²) in [7, 11) is 1.63. The van der Waals surface area contributed by atoms with Gasteiger partial charge in [-0.25, -0.2) is 0 Å². The van der Waals surface area contributed by atoms with Crippen molar-refractivity contribution in [2.24, 2.45) is 0 Å². The van der Waals surface area contributed by atoms with Crippen molar-refractivity contribution in [1.82, 2.24) is 0 Å². The lowest BCUT2D eigenvalue weighted by molar-refractivity contribution is -0.138. The third-order valence-electron chi connectivity index (χ3n) is 3.82. The number of rotatable bonds is 9. The lowest BCUT2D eigenvalue weighted by Crippen LogP contribution is -2.13. The topological polar surface area (TPSA) is 84.9 Å². The highest BCUT2D eigenvalue weighted by molar-refractivity contribution is 5.92. The number of carboxylic acid groups (broad SMARTS) is 1. The molecule has 6 heteroatoms. The number of hydrogen-bond donors (Lipinski definition) is 2. The number of carbonyl (C=O) groups excluding carboxylic acids is 1. The van der Waals surface area contributed by atoms with Crippen molar-refractivity contribution in [2.45, 2.75) is 32.8 Å². The Balaban J connectivity index is 1.96. The number of hydrogen-bond acceptors (Lipinski definition) is 4. The number of amides is 1. The monoisotopic (exact) mass is 357 g/mol. The second-order valence-corrected chi connectivity index (χ2v) is 5.76. The average molecular weight is 357 g/mol. The van der Waals surface area contributed by atoms with Crippen LogP contribution >= 0.6 is 0 Å². The number of aliphatic carboxylic acids is 1. The third kappa shape index (κ3) is 5.81. The molecular formula is C20H23NO5. The van der Waals surface area contributed by atoms with E-state index in [0.29, 0.717) is 18.0 Å². The lowest BCUT2D eigenvalue weighted by atomic mass is 10.1. The first-order valence-corrected chi connectivity index (χ1v) is 8.42. The number of carboxylic acids is 1. The van der Waals surface area contributed by atoms with E-state index in [4.69, 9.17) is 14.6 Å². The fourth-order valence-electron chi connectivity index (χ4n) is 2.46. The molecule has 0 atom stereocenters. The van der Waals surface area contributed by atoms with E-state index in [2.05, 4.69) is 12.2 Å². The van der Waals surface area contributed by atoms with Crippen molar-refractivity contribution in [2.75, 3.05) is 12.4 Å². The van der Waals surface area contributed by atoms with Crippen LogP contribution < -0.4 is 14.8 Å². The van der Waals surface area contributed by atoms with Gasteiger partial charge in [-0.05, 0) is 35.7 Å². The zero-order chi connectivity index (χ0) is 18.9. The molecule has 0 saturated carbocycles. The molecule has 0 fully saturated rings. The molecule has 2 rings (SSSR count). The molecule has 6 nitrogen and oxygen atoms in total. The fourth-order valence-corrected chi connectivity index (χ4v) is 2.46. The van der Waals surface area contributed by atoms with Crippen LogP contribution in [-0.4, -0.2) is 24.1 Å². The van der Waals surface area contributed by atoms with Gasteiger partial charge in [-0.2, -0.15) is 0 Å². The summed E-state index contributed by atoms with van der Waals surface area (Å²) in [5.74, 6) is 0.177. The first-order valence-electron chi connectivity index (χ1n) is 8.42. The van der Waals surface area contributed by atoms with E-state index in [1.54, 1.807) is 19.2 Å². The van der Waals surface area contributed by atoms with Crippen LogP contribution in [0.2, 0.25) is 0 Å². The van der Waals surface area contributed by atoms with Crippen LogP contribution in [-0.2, 0) is 22.6 Å². The molecule has 2 aromatic rings. The molecule has 0 aliphatic carbocycles. The Kier molecular flexibility index (Phi) is 7.02. The molecule has 0 radical (unpaired) electrons. The van der Waals surface area contributed by atoms with Crippen molar-refractivity contribution in [1.29, 1.82) is 0 Å². The average Bonchev–Trinajstić information content (AvgIpc) is 2.64. The van der Waals surface area contributed by atoms with E-state index < -0.39 is 5.97 Å². The molecule has 0 aliphatic rings. The maximum Gasteiger partial charge on any atom is 0.303 e. The van der Waals surface area contributed by atoms with Crippen molar-refractivity contribution in [3.63, 3.8) is 0 Å². The Bertz CT molecular complexity index is 773. The SMILES string of the molecule is CCc1ccc(OCc2cccc(NC(=O)CCC(=O)O)c2)cc1OC. The van der Waals surface area contributed by atoms with Crippen molar-refractivity contribution in [3.05, 3.63) is 53.6 Å². The van der Waals surface area contributed by atoms with Gasteiger partial charge in [-0.3, -0.25) is 9.59 Å². The van der Waals surface area contributed by atoms with Crippen LogP contribution in [0.15, 0.2) is 42.5 Å². The smallest absolute Gasteiger partial charge is 0.303 e. The minimum Gasteiger partial charge on any atom is -0.496 e. The summed E-state index contributed by atoms with van der Waals surface area (Å²) in [6.07, 6.45) is 0.636. The molecule has 0 bridgehead atoms. The van der Waals surface area contributed by atoms with Crippen LogP contribution in [0, 0.1) is 0 Å². The van der Waals surface area contributed by atoms with Gasteiger partial charge in [0, 0.05) is 18.2 Å².